The van der Waals surface area contributed by atoms with E-state index in [1.165, 1.54) is 12.1 Å². The maximum atomic E-state index is 13.7. The fourth-order valence-corrected chi connectivity index (χ4v) is 1.99. The van der Waals surface area contributed by atoms with Crippen LogP contribution >= 0.6 is 11.8 Å². The van der Waals surface area contributed by atoms with Crippen LogP contribution in [0.15, 0.2) is 53.4 Å². The lowest BCUT2D eigenvalue weighted by Gasteiger charge is -2.08. The predicted molar refractivity (Wildman–Crippen MR) is 78.1 cm³/mol. The van der Waals surface area contributed by atoms with Crippen LogP contribution in [0.4, 0.5) is 14.9 Å². The molecule has 0 spiro atoms. The molecule has 1 N–H and O–H groups in total. The summed E-state index contributed by atoms with van der Waals surface area (Å²) >= 11 is 0.846. The van der Waals surface area contributed by atoms with Crippen molar-refractivity contribution in [1.29, 1.82) is 5.26 Å². The van der Waals surface area contributed by atoms with E-state index in [4.69, 9.17) is 10.00 Å². The molecule has 0 saturated carbocycles. The van der Waals surface area contributed by atoms with Gasteiger partial charge in [-0.1, -0.05) is 30.3 Å². The van der Waals surface area contributed by atoms with E-state index in [-0.39, 0.29) is 12.3 Å². The van der Waals surface area contributed by atoms with E-state index in [2.05, 4.69) is 5.32 Å². The second-order valence-corrected chi connectivity index (χ2v) is 4.88. The largest absolute Gasteiger partial charge is 0.444 e. The number of hydrogen-bond acceptors (Lipinski definition) is 4. The SMILES string of the molecule is N#CSc1ccc(NC(=O)OCc2ccccc2)c(F)c1. The highest BCUT2D eigenvalue weighted by Crippen LogP contribution is 2.22. The molecular formula is C15H11FN2O2S. The van der Waals surface area contributed by atoms with Crippen LogP contribution < -0.4 is 5.32 Å². The summed E-state index contributed by atoms with van der Waals surface area (Å²) in [5, 5.41) is 12.7. The van der Waals surface area contributed by atoms with Crippen molar-refractivity contribution in [2.24, 2.45) is 0 Å². The number of halogens is 1. The first-order valence-corrected chi connectivity index (χ1v) is 6.84. The molecule has 2 rings (SSSR count). The van der Waals surface area contributed by atoms with E-state index in [0.717, 1.165) is 17.3 Å². The van der Waals surface area contributed by atoms with Gasteiger partial charge in [0.05, 0.1) is 5.69 Å². The number of benzene rings is 2. The number of nitrogens with zero attached hydrogens (tertiary/aromatic N) is 1. The Labute approximate surface area is 125 Å². The van der Waals surface area contributed by atoms with Crippen molar-refractivity contribution in [3.8, 4) is 5.40 Å². The standard InChI is InChI=1S/C15H11FN2O2S/c16-13-8-12(21-10-17)6-7-14(13)18-15(19)20-9-11-4-2-1-3-5-11/h1-8H,9H2,(H,18,19). The summed E-state index contributed by atoms with van der Waals surface area (Å²) in [6.45, 7) is 0.108. The van der Waals surface area contributed by atoms with Crippen LogP contribution in [-0.2, 0) is 11.3 Å². The average molecular weight is 302 g/mol. The molecule has 0 heterocycles. The van der Waals surface area contributed by atoms with Crippen LogP contribution in [0.25, 0.3) is 0 Å². The lowest BCUT2D eigenvalue weighted by molar-refractivity contribution is 0.155. The second-order valence-electron chi connectivity index (χ2n) is 4.02. The summed E-state index contributed by atoms with van der Waals surface area (Å²) in [5.41, 5.74) is 0.851. The van der Waals surface area contributed by atoms with E-state index >= 15 is 0 Å². The van der Waals surface area contributed by atoms with Crippen LogP contribution in [0.3, 0.4) is 0 Å². The van der Waals surface area contributed by atoms with Gasteiger partial charge in [-0.05, 0) is 35.5 Å². The van der Waals surface area contributed by atoms with E-state index < -0.39 is 11.9 Å². The molecule has 0 radical (unpaired) electrons. The summed E-state index contributed by atoms with van der Waals surface area (Å²) in [6, 6.07) is 13.3. The van der Waals surface area contributed by atoms with Crippen molar-refractivity contribution in [3.05, 3.63) is 59.9 Å². The Morgan fingerprint density at radius 2 is 2.05 bits per heavy atom. The van der Waals surface area contributed by atoms with Gasteiger partial charge in [0.1, 0.15) is 17.8 Å². The van der Waals surface area contributed by atoms with Crippen molar-refractivity contribution >= 4 is 23.5 Å². The average Bonchev–Trinajstić information content (AvgIpc) is 2.49. The van der Waals surface area contributed by atoms with Gasteiger partial charge in [-0.2, -0.15) is 5.26 Å². The zero-order valence-electron chi connectivity index (χ0n) is 10.9. The summed E-state index contributed by atoms with van der Waals surface area (Å²) in [4.78, 5) is 12.1. The molecule has 0 aliphatic carbocycles. The predicted octanol–water partition coefficient (Wildman–Crippen LogP) is 4.15. The molecule has 2 aromatic carbocycles. The number of thiocyanates is 1. The lowest BCUT2D eigenvalue weighted by atomic mass is 10.2. The number of carbonyl (C=O) groups excluding carboxylic acids is 1. The molecule has 0 aliphatic rings. The Morgan fingerprint density at radius 1 is 1.29 bits per heavy atom. The zero-order valence-corrected chi connectivity index (χ0v) is 11.7. The third kappa shape index (κ3) is 4.51. The minimum Gasteiger partial charge on any atom is -0.444 e. The number of amides is 1. The normalized spacial score (nSPS) is 9.71. The Balaban J connectivity index is 1.92. The molecule has 0 saturated heterocycles. The fourth-order valence-electron chi connectivity index (χ4n) is 1.58. The van der Waals surface area contributed by atoms with E-state index in [0.29, 0.717) is 4.90 Å². The molecule has 0 aliphatic heterocycles. The van der Waals surface area contributed by atoms with Crippen LogP contribution in [0.5, 0.6) is 0 Å². The maximum absolute atomic E-state index is 13.7. The highest BCUT2D eigenvalue weighted by atomic mass is 32.2. The first kappa shape index (κ1) is 14.9. The summed E-state index contributed by atoms with van der Waals surface area (Å²) in [7, 11) is 0. The monoisotopic (exact) mass is 302 g/mol. The number of nitriles is 1. The molecular weight excluding hydrogens is 291 g/mol. The lowest BCUT2D eigenvalue weighted by Crippen LogP contribution is -2.14. The van der Waals surface area contributed by atoms with Gasteiger partial charge in [0.25, 0.3) is 0 Å². The van der Waals surface area contributed by atoms with E-state index in [9.17, 15) is 9.18 Å². The topological polar surface area (TPSA) is 62.1 Å². The maximum Gasteiger partial charge on any atom is 0.412 e. The minimum atomic E-state index is -0.738. The van der Waals surface area contributed by atoms with Crippen molar-refractivity contribution in [1.82, 2.24) is 0 Å². The van der Waals surface area contributed by atoms with Crippen molar-refractivity contribution in [3.63, 3.8) is 0 Å². The summed E-state index contributed by atoms with van der Waals surface area (Å²) in [6.07, 6.45) is -0.738. The Hall–Kier alpha value is -2.52. The number of thioether (sulfide) groups is 1. The van der Waals surface area contributed by atoms with Crippen molar-refractivity contribution in [2.75, 3.05) is 5.32 Å². The summed E-state index contributed by atoms with van der Waals surface area (Å²) in [5.74, 6) is -0.619. The van der Waals surface area contributed by atoms with Gasteiger partial charge in [0.2, 0.25) is 0 Å². The van der Waals surface area contributed by atoms with Gasteiger partial charge in [-0.25, -0.2) is 9.18 Å². The smallest absolute Gasteiger partial charge is 0.412 e. The third-order valence-corrected chi connectivity index (χ3v) is 3.13. The summed E-state index contributed by atoms with van der Waals surface area (Å²) < 4.78 is 18.7. The quantitative estimate of drug-likeness (QED) is 0.681. The van der Waals surface area contributed by atoms with Gasteiger partial charge in [0.15, 0.2) is 0 Å². The van der Waals surface area contributed by atoms with Crippen molar-refractivity contribution < 1.29 is 13.9 Å². The number of nitrogens with one attached hydrogen (secondary N) is 1. The van der Waals surface area contributed by atoms with Crippen molar-refractivity contribution in [2.45, 2.75) is 11.5 Å². The van der Waals surface area contributed by atoms with Crippen LogP contribution in [0.1, 0.15) is 5.56 Å². The highest BCUT2D eigenvalue weighted by molar-refractivity contribution is 8.03. The molecule has 0 bridgehead atoms. The van der Waals surface area contributed by atoms with Gasteiger partial charge < -0.3 is 4.74 Å². The fraction of sp³-hybridized carbons (Fsp3) is 0.0667. The number of anilines is 1. The number of hydrogen-bond donors (Lipinski definition) is 1. The Morgan fingerprint density at radius 3 is 2.71 bits per heavy atom. The van der Waals surface area contributed by atoms with Crippen LogP contribution in [-0.4, -0.2) is 6.09 Å². The third-order valence-electron chi connectivity index (χ3n) is 2.55. The molecule has 0 fully saturated rings. The van der Waals surface area contributed by atoms with E-state index in [1.807, 2.05) is 35.7 Å². The van der Waals surface area contributed by atoms with Gasteiger partial charge in [-0.15, -0.1) is 0 Å². The molecule has 0 aromatic heterocycles. The molecule has 4 nitrogen and oxygen atoms in total. The molecule has 2 aromatic rings. The number of rotatable bonds is 4. The molecule has 1 amide bonds. The zero-order chi connectivity index (χ0) is 15.1. The van der Waals surface area contributed by atoms with Gasteiger partial charge in [0, 0.05) is 4.90 Å². The molecule has 6 heteroatoms. The molecule has 0 unspecified atom stereocenters. The first-order chi connectivity index (χ1) is 10.2. The molecule has 21 heavy (non-hydrogen) atoms. The minimum absolute atomic E-state index is 0.00958. The van der Waals surface area contributed by atoms with Crippen LogP contribution in [0, 0.1) is 16.5 Å². The molecule has 0 atom stereocenters. The number of ether oxygens (including phenoxy) is 1. The first-order valence-electron chi connectivity index (χ1n) is 6.02. The van der Waals surface area contributed by atoms with Crippen LogP contribution in [0.2, 0.25) is 0 Å². The second kappa shape index (κ2) is 7.31. The Kier molecular flexibility index (Phi) is 5.18. The van der Waals surface area contributed by atoms with Gasteiger partial charge >= 0.3 is 6.09 Å². The Bertz CT molecular complexity index is 671. The number of carbonyl (C=O) groups is 1. The van der Waals surface area contributed by atoms with E-state index in [1.54, 1.807) is 6.07 Å². The van der Waals surface area contributed by atoms with Gasteiger partial charge in [-0.3, -0.25) is 5.32 Å². The molecule has 106 valence electrons. The highest BCUT2D eigenvalue weighted by Gasteiger charge is 2.09.